The highest BCUT2D eigenvalue weighted by molar-refractivity contribution is 9.10. The molecule has 0 unspecified atom stereocenters. The molecule has 0 aliphatic carbocycles. The van der Waals surface area contributed by atoms with E-state index < -0.39 is 0 Å². The van der Waals surface area contributed by atoms with E-state index in [4.69, 9.17) is 10.5 Å². The average Bonchev–Trinajstić information content (AvgIpc) is 2.76. The van der Waals surface area contributed by atoms with Crippen molar-refractivity contribution in [1.82, 2.24) is 4.90 Å². The Kier molecular flexibility index (Phi) is 4.54. The number of nitrogens with two attached hydrogens (primary N) is 1. The van der Waals surface area contributed by atoms with E-state index >= 15 is 0 Å². The molecule has 0 fully saturated rings. The van der Waals surface area contributed by atoms with Gasteiger partial charge in [0.05, 0.1) is 6.61 Å². The predicted octanol–water partition coefficient (Wildman–Crippen LogP) is 2.80. The summed E-state index contributed by atoms with van der Waals surface area (Å²) in [5.74, 6) is 1.08. The topological polar surface area (TPSA) is 38.5 Å². The summed E-state index contributed by atoms with van der Waals surface area (Å²) in [6.07, 6.45) is 1.01. The van der Waals surface area contributed by atoms with Gasteiger partial charge in [-0.3, -0.25) is 0 Å². The molecule has 2 N–H and O–H groups in total. The van der Waals surface area contributed by atoms with E-state index in [0.29, 0.717) is 6.54 Å². The van der Waals surface area contributed by atoms with Gasteiger partial charge in [-0.15, -0.1) is 0 Å². The van der Waals surface area contributed by atoms with Gasteiger partial charge in [0.25, 0.3) is 0 Å². The van der Waals surface area contributed by atoms with Gasteiger partial charge in [-0.25, -0.2) is 0 Å². The number of rotatable bonds is 5. The zero-order valence-electron chi connectivity index (χ0n) is 12.0. The Balaban J connectivity index is 2.11. The van der Waals surface area contributed by atoms with Crippen molar-refractivity contribution >= 4 is 15.9 Å². The molecular weight excluding hydrogens is 304 g/mol. The zero-order valence-corrected chi connectivity index (χ0v) is 13.6. The predicted molar refractivity (Wildman–Crippen MR) is 82.5 cm³/mol. The van der Waals surface area contributed by atoms with Crippen LogP contribution in [0.1, 0.15) is 25.0 Å². The molecule has 0 atom stereocenters. The van der Waals surface area contributed by atoms with Crippen molar-refractivity contribution in [3.8, 4) is 5.75 Å². The van der Waals surface area contributed by atoms with Gasteiger partial charge in [-0.1, -0.05) is 29.8 Å². The van der Waals surface area contributed by atoms with Crippen LogP contribution in [-0.4, -0.2) is 31.6 Å². The van der Waals surface area contributed by atoms with Gasteiger partial charge in [-0.05, 0) is 36.7 Å². The minimum atomic E-state index is 0.144. The molecule has 0 saturated carbocycles. The second-order valence-corrected chi connectivity index (χ2v) is 7.11. The van der Waals surface area contributed by atoms with E-state index in [1.54, 1.807) is 0 Å². The third-order valence-corrected chi connectivity index (χ3v) is 3.97. The Morgan fingerprint density at radius 3 is 2.84 bits per heavy atom. The van der Waals surface area contributed by atoms with Gasteiger partial charge >= 0.3 is 0 Å². The van der Waals surface area contributed by atoms with Crippen LogP contribution < -0.4 is 10.5 Å². The quantitative estimate of drug-likeness (QED) is 0.904. The molecule has 0 saturated heterocycles. The van der Waals surface area contributed by atoms with Crippen LogP contribution in [0.4, 0.5) is 0 Å². The molecule has 0 radical (unpaired) electrons. The van der Waals surface area contributed by atoms with Crippen LogP contribution in [0.2, 0.25) is 0 Å². The van der Waals surface area contributed by atoms with Crippen LogP contribution in [0, 0.1) is 5.41 Å². The summed E-state index contributed by atoms with van der Waals surface area (Å²) in [6, 6.07) is 4.33. The largest absolute Gasteiger partial charge is 0.493 e. The molecule has 1 aromatic rings. The van der Waals surface area contributed by atoms with Crippen LogP contribution in [0.3, 0.4) is 0 Å². The van der Waals surface area contributed by atoms with Gasteiger partial charge in [0.1, 0.15) is 5.75 Å². The summed E-state index contributed by atoms with van der Waals surface area (Å²) in [5, 5.41) is 0. The van der Waals surface area contributed by atoms with Crippen LogP contribution >= 0.6 is 15.9 Å². The first-order valence-corrected chi connectivity index (χ1v) is 7.53. The lowest BCUT2D eigenvalue weighted by molar-refractivity contribution is 0.207. The first kappa shape index (κ1) is 14.8. The number of benzene rings is 1. The Labute approximate surface area is 124 Å². The highest BCUT2D eigenvalue weighted by Gasteiger charge is 2.21. The molecule has 1 aliphatic rings. The van der Waals surface area contributed by atoms with Crippen LogP contribution in [0.15, 0.2) is 16.6 Å². The highest BCUT2D eigenvalue weighted by Crippen LogP contribution is 2.33. The average molecular weight is 327 g/mol. The second-order valence-electron chi connectivity index (χ2n) is 6.19. The minimum Gasteiger partial charge on any atom is -0.493 e. The summed E-state index contributed by atoms with van der Waals surface area (Å²) >= 11 is 3.59. The summed E-state index contributed by atoms with van der Waals surface area (Å²) in [5.41, 5.74) is 8.52. The number of ether oxygens (including phenoxy) is 1. The van der Waals surface area contributed by atoms with E-state index in [-0.39, 0.29) is 5.41 Å². The molecule has 0 aromatic heterocycles. The lowest BCUT2D eigenvalue weighted by Crippen LogP contribution is -2.36. The van der Waals surface area contributed by atoms with Gasteiger partial charge in [-0.2, -0.15) is 0 Å². The molecule has 2 rings (SSSR count). The van der Waals surface area contributed by atoms with E-state index in [1.807, 2.05) is 0 Å². The van der Waals surface area contributed by atoms with Gasteiger partial charge in [0.2, 0.25) is 0 Å². The highest BCUT2D eigenvalue weighted by atomic mass is 79.9. The maximum atomic E-state index is 5.80. The van der Waals surface area contributed by atoms with Crippen molar-refractivity contribution in [3.05, 3.63) is 27.7 Å². The first-order chi connectivity index (χ1) is 8.91. The lowest BCUT2D eigenvalue weighted by atomic mass is 9.93. The Morgan fingerprint density at radius 2 is 2.16 bits per heavy atom. The third kappa shape index (κ3) is 3.71. The second kappa shape index (κ2) is 5.81. The van der Waals surface area contributed by atoms with Gasteiger partial charge < -0.3 is 15.4 Å². The van der Waals surface area contributed by atoms with Crippen molar-refractivity contribution in [1.29, 1.82) is 0 Å². The standard InChI is InChI=1S/C15H23BrN2O/c1-15(2,9-17)10-18(3)8-12-7-13(16)6-11-4-5-19-14(11)12/h6-7H,4-5,8-10,17H2,1-3H3. The van der Waals surface area contributed by atoms with E-state index in [2.05, 4.69) is 53.9 Å². The minimum absolute atomic E-state index is 0.144. The Morgan fingerprint density at radius 1 is 1.42 bits per heavy atom. The van der Waals surface area contributed by atoms with Crippen molar-refractivity contribution < 1.29 is 4.74 Å². The lowest BCUT2D eigenvalue weighted by Gasteiger charge is -2.29. The summed E-state index contributed by atoms with van der Waals surface area (Å²) in [7, 11) is 2.14. The monoisotopic (exact) mass is 326 g/mol. The van der Waals surface area contributed by atoms with Gasteiger partial charge in [0, 0.05) is 29.5 Å². The molecule has 1 aliphatic heterocycles. The molecule has 1 heterocycles. The van der Waals surface area contributed by atoms with Crippen molar-refractivity contribution in [2.24, 2.45) is 11.1 Å². The van der Waals surface area contributed by atoms with Crippen molar-refractivity contribution in [2.75, 3.05) is 26.7 Å². The van der Waals surface area contributed by atoms with Crippen LogP contribution in [0.25, 0.3) is 0 Å². The number of halogens is 1. The molecular formula is C15H23BrN2O. The maximum Gasteiger partial charge on any atom is 0.127 e. The van der Waals surface area contributed by atoms with E-state index in [9.17, 15) is 0 Å². The van der Waals surface area contributed by atoms with E-state index in [0.717, 1.165) is 36.3 Å². The van der Waals surface area contributed by atoms with Crippen molar-refractivity contribution in [3.63, 3.8) is 0 Å². The Hall–Kier alpha value is -0.580. The fourth-order valence-corrected chi connectivity index (χ4v) is 3.16. The molecule has 0 spiro atoms. The SMILES string of the molecule is CN(Cc1cc(Br)cc2c1OCC2)CC(C)(C)CN. The van der Waals surface area contributed by atoms with Crippen LogP contribution in [-0.2, 0) is 13.0 Å². The first-order valence-electron chi connectivity index (χ1n) is 6.74. The zero-order chi connectivity index (χ0) is 14.0. The molecule has 0 bridgehead atoms. The fraction of sp³-hybridized carbons (Fsp3) is 0.600. The normalized spacial score (nSPS) is 14.6. The fourth-order valence-electron chi connectivity index (χ4n) is 2.61. The smallest absolute Gasteiger partial charge is 0.127 e. The van der Waals surface area contributed by atoms with Gasteiger partial charge in [0.15, 0.2) is 0 Å². The molecule has 106 valence electrons. The number of fused-ring (bicyclic) bond motifs is 1. The molecule has 19 heavy (non-hydrogen) atoms. The van der Waals surface area contributed by atoms with E-state index in [1.165, 1.54) is 11.1 Å². The van der Waals surface area contributed by atoms with Crippen LogP contribution in [0.5, 0.6) is 5.75 Å². The summed E-state index contributed by atoms with van der Waals surface area (Å²) < 4.78 is 6.91. The number of nitrogens with zero attached hydrogens (tertiary/aromatic N) is 1. The number of hydrogen-bond donors (Lipinski definition) is 1. The summed E-state index contributed by atoms with van der Waals surface area (Å²) in [6.45, 7) is 7.77. The molecule has 1 aromatic carbocycles. The molecule has 0 amide bonds. The maximum absolute atomic E-state index is 5.80. The van der Waals surface area contributed by atoms with Crippen molar-refractivity contribution in [2.45, 2.75) is 26.8 Å². The third-order valence-electron chi connectivity index (χ3n) is 3.52. The number of hydrogen-bond acceptors (Lipinski definition) is 3. The summed E-state index contributed by atoms with van der Waals surface area (Å²) in [4.78, 5) is 2.32. The molecule has 3 nitrogen and oxygen atoms in total. The molecule has 4 heteroatoms. The Bertz CT molecular complexity index is 460.